The van der Waals surface area contributed by atoms with Crippen LogP contribution in [0.4, 0.5) is 0 Å². The number of nitrogens with zero attached hydrogens (tertiary/aromatic N) is 3. The van der Waals surface area contributed by atoms with Crippen LogP contribution >= 0.6 is 11.6 Å². The summed E-state index contributed by atoms with van der Waals surface area (Å²) >= 11 is 5.87. The van der Waals surface area contributed by atoms with Gasteiger partial charge in [0, 0.05) is 17.8 Å². The molecule has 1 aliphatic rings. The van der Waals surface area contributed by atoms with E-state index in [0.29, 0.717) is 5.65 Å². The van der Waals surface area contributed by atoms with E-state index in [4.69, 9.17) is 11.6 Å². The first-order valence-corrected chi connectivity index (χ1v) is 7.19. The fraction of sp³-hybridized carbons (Fsp3) is 0.500. The molecule has 1 N–H and O–H groups in total. The molecule has 0 radical (unpaired) electrons. The maximum absolute atomic E-state index is 11.7. The highest BCUT2D eigenvalue weighted by atomic mass is 35.5. The van der Waals surface area contributed by atoms with Gasteiger partial charge < -0.3 is 9.67 Å². The smallest absolute Gasteiger partial charge is 0.311 e. The van der Waals surface area contributed by atoms with Crippen molar-refractivity contribution in [2.45, 2.75) is 38.6 Å². The Hall–Kier alpha value is -1.62. The zero-order valence-electron chi connectivity index (χ0n) is 11.2. The summed E-state index contributed by atoms with van der Waals surface area (Å²) < 4.78 is 1.95. The summed E-state index contributed by atoms with van der Waals surface area (Å²) in [5.74, 6) is -0.711. The van der Waals surface area contributed by atoms with E-state index in [1.807, 2.05) is 23.8 Å². The Kier molecular flexibility index (Phi) is 3.17. The largest absolute Gasteiger partial charge is 0.481 e. The molecule has 1 unspecified atom stereocenters. The third-order valence-corrected chi connectivity index (χ3v) is 4.64. The van der Waals surface area contributed by atoms with Gasteiger partial charge in [-0.25, -0.2) is 4.98 Å². The Balaban J connectivity index is 2.12. The van der Waals surface area contributed by atoms with Gasteiger partial charge in [-0.15, -0.1) is 0 Å². The molecule has 106 valence electrons. The van der Waals surface area contributed by atoms with Gasteiger partial charge in [-0.2, -0.15) is 4.98 Å². The standard InChI is InChI=1S/C14H16ClN3O2/c1-2-10(14(12(19)20)5-3-6-14)18-7-4-9-8-16-13(15)17-11(9)18/h4,7-8,10H,2-3,5-6H2,1H3,(H,19,20). The molecule has 1 aliphatic carbocycles. The quantitative estimate of drug-likeness (QED) is 0.878. The molecule has 1 atom stereocenters. The monoisotopic (exact) mass is 293 g/mol. The zero-order valence-corrected chi connectivity index (χ0v) is 12.0. The molecule has 0 aliphatic heterocycles. The lowest BCUT2D eigenvalue weighted by Gasteiger charge is -2.44. The van der Waals surface area contributed by atoms with Crippen molar-refractivity contribution in [3.05, 3.63) is 23.7 Å². The predicted octanol–water partition coefficient (Wildman–Crippen LogP) is 3.29. The van der Waals surface area contributed by atoms with Crippen molar-refractivity contribution < 1.29 is 9.90 Å². The first-order valence-electron chi connectivity index (χ1n) is 6.81. The molecule has 3 rings (SSSR count). The molecule has 0 amide bonds. The van der Waals surface area contributed by atoms with E-state index >= 15 is 0 Å². The van der Waals surface area contributed by atoms with E-state index in [1.165, 1.54) is 0 Å². The first-order chi connectivity index (χ1) is 9.58. The van der Waals surface area contributed by atoms with Gasteiger partial charge in [-0.1, -0.05) is 13.3 Å². The molecule has 0 spiro atoms. The Bertz CT molecular complexity index is 663. The third-order valence-electron chi connectivity index (χ3n) is 4.46. The molecule has 2 aromatic rings. The summed E-state index contributed by atoms with van der Waals surface area (Å²) in [6, 6.07) is 1.81. The fourth-order valence-corrected chi connectivity index (χ4v) is 3.40. The van der Waals surface area contributed by atoms with E-state index in [0.717, 1.165) is 31.1 Å². The minimum atomic E-state index is -0.711. The second-order valence-corrected chi connectivity index (χ2v) is 5.72. The summed E-state index contributed by atoms with van der Waals surface area (Å²) in [4.78, 5) is 20.0. The molecule has 1 saturated carbocycles. The van der Waals surface area contributed by atoms with Gasteiger partial charge in [0.25, 0.3) is 0 Å². The second-order valence-electron chi connectivity index (χ2n) is 5.38. The first kappa shape index (κ1) is 13.4. The topological polar surface area (TPSA) is 68.0 Å². The summed E-state index contributed by atoms with van der Waals surface area (Å²) in [5.41, 5.74) is 0.0439. The van der Waals surface area contributed by atoms with Crippen LogP contribution in [0.5, 0.6) is 0 Å². The van der Waals surface area contributed by atoms with Crippen LogP contribution in [0.15, 0.2) is 18.5 Å². The van der Waals surface area contributed by atoms with Crippen LogP contribution in [-0.4, -0.2) is 25.6 Å². The average Bonchev–Trinajstić information content (AvgIpc) is 2.75. The number of carboxylic acid groups (broad SMARTS) is 1. The van der Waals surface area contributed by atoms with Crippen molar-refractivity contribution in [3.63, 3.8) is 0 Å². The highest BCUT2D eigenvalue weighted by Crippen LogP contribution is 2.51. The Morgan fingerprint density at radius 2 is 2.35 bits per heavy atom. The molecule has 0 saturated heterocycles. The number of aliphatic carboxylic acids is 1. The van der Waals surface area contributed by atoms with E-state index in [1.54, 1.807) is 6.20 Å². The summed E-state index contributed by atoms with van der Waals surface area (Å²) in [7, 11) is 0. The predicted molar refractivity (Wildman–Crippen MR) is 75.8 cm³/mol. The summed E-state index contributed by atoms with van der Waals surface area (Å²) in [6.45, 7) is 2.02. The van der Waals surface area contributed by atoms with Crippen molar-refractivity contribution in [1.82, 2.24) is 14.5 Å². The minimum Gasteiger partial charge on any atom is -0.481 e. The molecular formula is C14H16ClN3O2. The second kappa shape index (κ2) is 4.74. The molecule has 2 heterocycles. The highest BCUT2D eigenvalue weighted by Gasteiger charge is 2.51. The van der Waals surface area contributed by atoms with Crippen LogP contribution in [0.3, 0.4) is 0 Å². The Morgan fingerprint density at radius 1 is 1.60 bits per heavy atom. The lowest BCUT2D eigenvalue weighted by Crippen LogP contribution is -2.45. The van der Waals surface area contributed by atoms with E-state index in [-0.39, 0.29) is 11.3 Å². The van der Waals surface area contributed by atoms with E-state index < -0.39 is 11.4 Å². The number of hydrogen-bond acceptors (Lipinski definition) is 3. The molecule has 6 heteroatoms. The van der Waals surface area contributed by atoms with Crippen LogP contribution < -0.4 is 0 Å². The van der Waals surface area contributed by atoms with Crippen LogP contribution in [-0.2, 0) is 4.79 Å². The minimum absolute atomic E-state index is 0.0998. The van der Waals surface area contributed by atoms with Gasteiger partial charge in [0.15, 0.2) is 0 Å². The number of halogens is 1. The maximum Gasteiger partial charge on any atom is 0.311 e. The molecule has 20 heavy (non-hydrogen) atoms. The zero-order chi connectivity index (χ0) is 14.3. The normalized spacial score (nSPS) is 18.7. The maximum atomic E-state index is 11.7. The SMILES string of the molecule is CCC(n1ccc2cnc(Cl)nc21)C1(C(=O)O)CCC1. The molecule has 2 aromatic heterocycles. The summed E-state index contributed by atoms with van der Waals surface area (Å²) in [6.07, 6.45) is 6.73. The van der Waals surface area contributed by atoms with Crippen LogP contribution in [0.25, 0.3) is 11.0 Å². The lowest BCUT2D eigenvalue weighted by molar-refractivity contribution is -0.159. The fourth-order valence-electron chi connectivity index (χ4n) is 3.27. The van der Waals surface area contributed by atoms with Crippen molar-refractivity contribution in [2.75, 3.05) is 0 Å². The van der Waals surface area contributed by atoms with Gasteiger partial charge >= 0.3 is 5.97 Å². The Morgan fingerprint density at radius 3 is 2.90 bits per heavy atom. The molecule has 5 nitrogen and oxygen atoms in total. The number of hydrogen-bond donors (Lipinski definition) is 1. The van der Waals surface area contributed by atoms with Crippen LogP contribution in [0.2, 0.25) is 5.28 Å². The van der Waals surface area contributed by atoms with Gasteiger partial charge in [0.1, 0.15) is 5.65 Å². The van der Waals surface area contributed by atoms with Gasteiger partial charge in [0.05, 0.1) is 11.5 Å². The third kappa shape index (κ3) is 1.80. The Labute approximate surface area is 121 Å². The van der Waals surface area contributed by atoms with Crippen molar-refractivity contribution in [1.29, 1.82) is 0 Å². The van der Waals surface area contributed by atoms with Crippen molar-refractivity contribution in [3.8, 4) is 0 Å². The van der Waals surface area contributed by atoms with Crippen LogP contribution in [0, 0.1) is 5.41 Å². The molecule has 1 fully saturated rings. The lowest BCUT2D eigenvalue weighted by atomic mass is 9.63. The number of fused-ring (bicyclic) bond motifs is 1. The average molecular weight is 294 g/mol. The number of rotatable bonds is 4. The highest BCUT2D eigenvalue weighted by molar-refractivity contribution is 6.28. The molecule has 0 aromatic carbocycles. The number of carboxylic acids is 1. The van der Waals surface area contributed by atoms with E-state index in [2.05, 4.69) is 9.97 Å². The molecule has 0 bridgehead atoms. The number of carbonyl (C=O) groups is 1. The van der Waals surface area contributed by atoms with Crippen LogP contribution in [0.1, 0.15) is 38.6 Å². The number of aromatic nitrogens is 3. The van der Waals surface area contributed by atoms with Crippen molar-refractivity contribution in [2.24, 2.45) is 5.41 Å². The van der Waals surface area contributed by atoms with Crippen molar-refractivity contribution >= 4 is 28.6 Å². The van der Waals surface area contributed by atoms with Gasteiger partial charge in [-0.3, -0.25) is 4.79 Å². The van der Waals surface area contributed by atoms with E-state index in [9.17, 15) is 9.90 Å². The van der Waals surface area contributed by atoms with Gasteiger partial charge in [-0.05, 0) is 36.9 Å². The summed E-state index contributed by atoms with van der Waals surface area (Å²) in [5, 5.41) is 10.7. The van der Waals surface area contributed by atoms with Gasteiger partial charge in [0.2, 0.25) is 5.28 Å². The molecular weight excluding hydrogens is 278 g/mol.